The number of halogens is 1. The molecule has 0 aromatic heterocycles. The van der Waals surface area contributed by atoms with Crippen LogP contribution in [0.15, 0.2) is 18.2 Å². The summed E-state index contributed by atoms with van der Waals surface area (Å²) in [5, 5.41) is 3.09. The fraction of sp³-hybridized carbons (Fsp3) is 0.636. The molecule has 31 heavy (non-hydrogen) atoms. The van der Waals surface area contributed by atoms with Crippen LogP contribution in [0, 0.1) is 12.7 Å². The van der Waals surface area contributed by atoms with Crippen molar-refractivity contribution in [1.82, 2.24) is 9.62 Å². The lowest BCUT2D eigenvalue weighted by Gasteiger charge is -2.47. The van der Waals surface area contributed by atoms with E-state index in [1.807, 2.05) is 0 Å². The van der Waals surface area contributed by atoms with Crippen molar-refractivity contribution in [1.29, 1.82) is 0 Å². The molecule has 1 aromatic rings. The molecule has 1 N–H and O–H groups in total. The third-order valence-corrected chi connectivity index (χ3v) is 7.53. The molecule has 3 rings (SSSR count). The van der Waals surface area contributed by atoms with Gasteiger partial charge in [-0.25, -0.2) is 12.8 Å². The number of carbonyl (C=O) groups excluding carboxylic acids is 2. The van der Waals surface area contributed by atoms with Crippen LogP contribution in [0.1, 0.15) is 57.4 Å². The molecular weight excluding hydrogens is 421 g/mol. The van der Waals surface area contributed by atoms with E-state index in [9.17, 15) is 22.4 Å². The molecule has 1 saturated heterocycles. The van der Waals surface area contributed by atoms with Crippen molar-refractivity contribution in [3.8, 4) is 0 Å². The molecule has 0 radical (unpaired) electrons. The number of hydrogen-bond donors (Lipinski definition) is 1. The Morgan fingerprint density at radius 2 is 1.77 bits per heavy atom. The Balaban J connectivity index is 1.97. The lowest BCUT2D eigenvalue weighted by molar-refractivity contribution is -0.133. The summed E-state index contributed by atoms with van der Waals surface area (Å²) in [5.41, 5.74) is -0.537. The normalized spacial score (nSPS) is 24.5. The first kappa shape index (κ1) is 23.7. The number of hydrogen-bond acceptors (Lipinski definition) is 4. The molecule has 2 fully saturated rings. The molecular formula is C22H32FN3O4S. The maximum absolute atomic E-state index is 13.7. The zero-order valence-corrected chi connectivity index (χ0v) is 19.3. The fourth-order valence-corrected chi connectivity index (χ4v) is 5.42. The number of sulfonamides is 1. The highest BCUT2D eigenvalue weighted by Gasteiger charge is 2.50. The van der Waals surface area contributed by atoms with Gasteiger partial charge in [-0.05, 0) is 50.5 Å². The van der Waals surface area contributed by atoms with Gasteiger partial charge in [0.25, 0.3) is 0 Å². The number of aryl methyl sites for hydroxylation is 1. The van der Waals surface area contributed by atoms with Gasteiger partial charge in [0.15, 0.2) is 0 Å². The maximum Gasteiger partial charge on any atom is 0.247 e. The van der Waals surface area contributed by atoms with Gasteiger partial charge in [0.05, 0.1) is 12.8 Å². The molecule has 172 valence electrons. The van der Waals surface area contributed by atoms with E-state index in [-0.39, 0.29) is 25.0 Å². The first-order valence-electron chi connectivity index (χ1n) is 10.9. The van der Waals surface area contributed by atoms with Crippen LogP contribution < -0.4 is 10.2 Å². The van der Waals surface area contributed by atoms with E-state index < -0.39 is 27.3 Å². The summed E-state index contributed by atoms with van der Waals surface area (Å²) in [6, 6.07) is 4.01. The number of amides is 2. The summed E-state index contributed by atoms with van der Waals surface area (Å²) in [6.45, 7) is 2.74. The maximum atomic E-state index is 13.7. The van der Waals surface area contributed by atoms with E-state index in [0.29, 0.717) is 11.3 Å². The van der Waals surface area contributed by atoms with Crippen molar-refractivity contribution >= 4 is 27.5 Å². The van der Waals surface area contributed by atoms with E-state index >= 15 is 0 Å². The smallest absolute Gasteiger partial charge is 0.247 e. The molecule has 9 heteroatoms. The molecule has 1 unspecified atom stereocenters. The average Bonchev–Trinajstić information content (AvgIpc) is 2.64. The number of nitrogens with zero attached hydrogens (tertiary/aromatic N) is 2. The predicted molar refractivity (Wildman–Crippen MR) is 118 cm³/mol. The minimum Gasteiger partial charge on any atom is -0.351 e. The number of rotatable bonds is 4. The molecule has 0 spiro atoms. The minimum atomic E-state index is -3.68. The fourth-order valence-electron chi connectivity index (χ4n) is 4.59. The predicted octanol–water partition coefficient (Wildman–Crippen LogP) is 2.73. The summed E-state index contributed by atoms with van der Waals surface area (Å²) in [4.78, 5) is 28.1. The van der Waals surface area contributed by atoms with Gasteiger partial charge in [0.2, 0.25) is 21.8 Å². The highest BCUT2D eigenvalue weighted by molar-refractivity contribution is 7.88. The third kappa shape index (κ3) is 5.26. The van der Waals surface area contributed by atoms with Gasteiger partial charge in [0, 0.05) is 18.3 Å². The van der Waals surface area contributed by atoms with E-state index in [1.54, 1.807) is 13.8 Å². The molecule has 1 atom stereocenters. The second-order valence-corrected chi connectivity index (χ2v) is 11.0. The summed E-state index contributed by atoms with van der Waals surface area (Å²) < 4.78 is 39.2. The molecule has 1 aliphatic carbocycles. The molecule has 1 heterocycles. The number of nitrogens with one attached hydrogen (secondary N) is 1. The van der Waals surface area contributed by atoms with Crippen LogP contribution in [0.4, 0.5) is 10.1 Å². The van der Waals surface area contributed by atoms with Gasteiger partial charge < -0.3 is 5.32 Å². The first-order valence-corrected chi connectivity index (χ1v) is 12.7. The van der Waals surface area contributed by atoms with Crippen LogP contribution in [0.3, 0.4) is 0 Å². The molecule has 0 bridgehead atoms. The van der Waals surface area contributed by atoms with Crippen molar-refractivity contribution in [3.05, 3.63) is 29.6 Å². The van der Waals surface area contributed by atoms with Gasteiger partial charge >= 0.3 is 0 Å². The highest BCUT2D eigenvalue weighted by Crippen LogP contribution is 2.33. The summed E-state index contributed by atoms with van der Waals surface area (Å²) in [5.74, 6) is -1.34. The lowest BCUT2D eigenvalue weighted by Crippen LogP contribution is -2.70. The molecule has 7 nitrogen and oxygen atoms in total. The molecule has 1 saturated carbocycles. The number of benzene rings is 1. The third-order valence-electron chi connectivity index (χ3n) is 6.34. The number of piperazine rings is 1. The molecule has 1 aromatic carbocycles. The Labute approximate surface area is 184 Å². The lowest BCUT2D eigenvalue weighted by atomic mass is 9.91. The molecule has 2 amide bonds. The molecule has 1 aliphatic heterocycles. The van der Waals surface area contributed by atoms with Crippen molar-refractivity contribution in [2.45, 2.75) is 70.4 Å². The van der Waals surface area contributed by atoms with Crippen LogP contribution >= 0.6 is 0 Å². The van der Waals surface area contributed by atoms with Crippen LogP contribution in [0.5, 0.6) is 0 Å². The van der Waals surface area contributed by atoms with Crippen LogP contribution in [-0.4, -0.2) is 55.5 Å². The monoisotopic (exact) mass is 453 g/mol. The van der Waals surface area contributed by atoms with Crippen molar-refractivity contribution in [2.75, 3.05) is 24.2 Å². The topological polar surface area (TPSA) is 86.8 Å². The van der Waals surface area contributed by atoms with Gasteiger partial charge in [-0.3, -0.25) is 14.5 Å². The Morgan fingerprint density at radius 3 is 2.35 bits per heavy atom. The van der Waals surface area contributed by atoms with E-state index in [0.717, 1.165) is 49.1 Å². The summed E-state index contributed by atoms with van der Waals surface area (Å²) in [6.07, 6.45) is 8.27. The highest BCUT2D eigenvalue weighted by atomic mass is 32.2. The van der Waals surface area contributed by atoms with Crippen LogP contribution in [0.2, 0.25) is 0 Å². The second kappa shape index (κ2) is 9.24. The van der Waals surface area contributed by atoms with E-state index in [4.69, 9.17) is 0 Å². The van der Waals surface area contributed by atoms with E-state index in [2.05, 4.69) is 5.32 Å². The average molecular weight is 454 g/mol. The Morgan fingerprint density at radius 1 is 1.16 bits per heavy atom. The number of anilines is 1. The Bertz CT molecular complexity index is 944. The second-order valence-electron chi connectivity index (χ2n) is 8.98. The Kier molecular flexibility index (Phi) is 7.05. The van der Waals surface area contributed by atoms with Gasteiger partial charge in [-0.2, -0.15) is 4.31 Å². The van der Waals surface area contributed by atoms with Crippen LogP contribution in [0.25, 0.3) is 0 Å². The zero-order chi connectivity index (χ0) is 22.8. The largest absolute Gasteiger partial charge is 0.351 e. The summed E-state index contributed by atoms with van der Waals surface area (Å²) in [7, 11) is -3.68. The van der Waals surface area contributed by atoms with Gasteiger partial charge in [-0.1, -0.05) is 32.1 Å². The van der Waals surface area contributed by atoms with Crippen molar-refractivity contribution in [3.63, 3.8) is 0 Å². The van der Waals surface area contributed by atoms with Crippen molar-refractivity contribution < 1.29 is 22.4 Å². The Hall–Kier alpha value is -2.00. The van der Waals surface area contributed by atoms with Crippen molar-refractivity contribution in [2.24, 2.45) is 0 Å². The summed E-state index contributed by atoms with van der Waals surface area (Å²) >= 11 is 0. The minimum absolute atomic E-state index is 0.00972. The standard InChI is InChI=1S/C22H32FN3O4S/c1-16-13-17(23)11-12-19(16)26-20(27)14-25(31(3,29)30)15-22(26,2)21(28)24-18-9-7-5-4-6-8-10-18/h11-13,18H,4-10,14-15H2,1-3H3,(H,24,28). The zero-order valence-electron chi connectivity index (χ0n) is 18.5. The number of carbonyl (C=O) groups is 2. The first-order chi connectivity index (χ1) is 14.5. The van der Waals surface area contributed by atoms with Crippen LogP contribution in [-0.2, 0) is 19.6 Å². The molecule has 2 aliphatic rings. The SMILES string of the molecule is Cc1cc(F)ccc1N1C(=O)CN(S(C)(=O)=O)CC1(C)C(=O)NC1CCCCCCC1. The van der Waals surface area contributed by atoms with E-state index in [1.165, 1.54) is 29.5 Å². The van der Waals surface area contributed by atoms with Gasteiger partial charge in [0.1, 0.15) is 11.4 Å². The van der Waals surface area contributed by atoms with Gasteiger partial charge in [-0.15, -0.1) is 0 Å². The quantitative estimate of drug-likeness (QED) is 0.760.